The summed E-state index contributed by atoms with van der Waals surface area (Å²) in [4.78, 5) is 0. The Bertz CT molecular complexity index is 248. The van der Waals surface area contributed by atoms with E-state index in [-0.39, 0.29) is 0 Å². The molecule has 12 heavy (non-hydrogen) atoms. The molecule has 0 bridgehead atoms. The van der Waals surface area contributed by atoms with E-state index in [2.05, 4.69) is 13.0 Å². The molecule has 0 aromatic heterocycles. The Kier molecular flexibility index (Phi) is 2.22. The Morgan fingerprint density at radius 2 is 2.17 bits per heavy atom. The van der Waals surface area contributed by atoms with Gasteiger partial charge < -0.3 is 0 Å². The number of hydrogen-bond acceptors (Lipinski definition) is 0. The van der Waals surface area contributed by atoms with Crippen LogP contribution in [0.3, 0.4) is 0 Å². The van der Waals surface area contributed by atoms with Crippen molar-refractivity contribution in [2.24, 2.45) is 5.92 Å². The van der Waals surface area contributed by atoms with Gasteiger partial charge >= 0.3 is 0 Å². The summed E-state index contributed by atoms with van der Waals surface area (Å²) in [5.41, 5.74) is 4.92. The first-order valence-corrected chi connectivity index (χ1v) is 6.56. The van der Waals surface area contributed by atoms with Gasteiger partial charge in [-0.25, -0.2) is 0 Å². The third kappa shape index (κ3) is 1.20. The fraction of sp³-hybridized carbons (Fsp3) is 0.636. The minimum Gasteiger partial charge on any atom is -0.0595 e. The molecule has 0 heterocycles. The number of rotatable bonds is 1. The van der Waals surface area contributed by atoms with Crippen molar-refractivity contribution >= 4 is 10.2 Å². The Morgan fingerprint density at radius 1 is 1.42 bits per heavy atom. The molecule has 0 saturated heterocycles. The van der Waals surface area contributed by atoms with Crippen molar-refractivity contribution in [3.8, 4) is 0 Å². The van der Waals surface area contributed by atoms with E-state index in [1.807, 2.05) is 0 Å². The Hall–Kier alpha value is -0.303. The van der Waals surface area contributed by atoms with Crippen LogP contribution in [0.1, 0.15) is 32.6 Å². The van der Waals surface area contributed by atoms with Crippen LogP contribution in [-0.2, 0) is 0 Å². The Morgan fingerprint density at radius 3 is 2.92 bits per heavy atom. The van der Waals surface area contributed by atoms with E-state index in [1.165, 1.54) is 47.5 Å². The molecule has 2 aliphatic carbocycles. The predicted octanol–water partition coefficient (Wildman–Crippen LogP) is 2.02. The molecule has 2 rings (SSSR count). The zero-order valence-corrected chi connectivity index (χ0v) is 10.1. The van der Waals surface area contributed by atoms with Crippen molar-refractivity contribution in [1.29, 1.82) is 0 Å². The van der Waals surface area contributed by atoms with Crippen molar-refractivity contribution in [2.75, 3.05) is 0 Å². The van der Waals surface area contributed by atoms with Crippen LogP contribution in [0.15, 0.2) is 16.7 Å². The van der Waals surface area contributed by atoms with Crippen molar-refractivity contribution in [1.82, 2.24) is 0 Å². The van der Waals surface area contributed by atoms with Crippen LogP contribution in [0, 0.1) is 12.0 Å². The molecule has 2 aliphatic rings. The van der Waals surface area contributed by atoms with Crippen LogP contribution in [0.5, 0.6) is 0 Å². The summed E-state index contributed by atoms with van der Waals surface area (Å²) in [6.07, 6.45) is 9.16. The lowest BCUT2D eigenvalue weighted by atomic mass is 9.88. The van der Waals surface area contributed by atoms with E-state index in [1.54, 1.807) is 11.1 Å². The first-order valence-electron chi connectivity index (χ1n) is 5.15. The van der Waals surface area contributed by atoms with Gasteiger partial charge in [-0.1, -0.05) is 11.6 Å². The van der Waals surface area contributed by atoms with Crippen molar-refractivity contribution < 1.29 is 0 Å². The predicted molar refractivity (Wildman–Crippen MR) is 56.2 cm³/mol. The van der Waals surface area contributed by atoms with Crippen molar-refractivity contribution in [3.05, 3.63) is 22.8 Å². The summed E-state index contributed by atoms with van der Waals surface area (Å²) >= 11 is 0. The van der Waals surface area contributed by atoms with Crippen LogP contribution in [0.25, 0.3) is 0 Å². The number of allylic oxidation sites excluding steroid dienone is 4. The summed E-state index contributed by atoms with van der Waals surface area (Å²) in [5, 5.41) is 0. The van der Waals surface area contributed by atoms with Crippen molar-refractivity contribution in [3.63, 3.8) is 0 Å². The highest BCUT2D eigenvalue weighted by Crippen LogP contribution is 2.40. The maximum absolute atomic E-state index is 3.62. The summed E-state index contributed by atoms with van der Waals surface area (Å²) in [6, 6.07) is 1.39. The van der Waals surface area contributed by atoms with Gasteiger partial charge in [0.1, 0.15) is 0 Å². The van der Waals surface area contributed by atoms with E-state index in [0.29, 0.717) is 0 Å². The highest BCUT2D eigenvalue weighted by atomic mass is 28.1. The Labute approximate surface area is 78.2 Å². The van der Waals surface area contributed by atoms with Gasteiger partial charge in [0.2, 0.25) is 0 Å². The quantitative estimate of drug-likeness (QED) is 0.538. The molecule has 0 aliphatic heterocycles. The van der Waals surface area contributed by atoms with Crippen LogP contribution < -0.4 is 0 Å². The van der Waals surface area contributed by atoms with Crippen molar-refractivity contribution in [2.45, 2.75) is 38.7 Å². The lowest BCUT2D eigenvalue weighted by molar-refractivity contribution is 0.640. The Balaban J connectivity index is 2.29. The van der Waals surface area contributed by atoms with Gasteiger partial charge in [0, 0.05) is 16.2 Å². The second-order valence-corrected chi connectivity index (χ2v) is 4.76. The first kappa shape index (κ1) is 8.30. The number of hydrogen-bond donors (Lipinski definition) is 0. The van der Waals surface area contributed by atoms with E-state index >= 15 is 0 Å². The van der Waals surface area contributed by atoms with Gasteiger partial charge in [0.15, 0.2) is 0 Å². The summed E-state index contributed by atoms with van der Waals surface area (Å²) < 4.78 is 0. The standard InChI is InChI=1S/C11H17Si/c1-8-6-9(7-12)11-5-3-2-4-10(8)11/h9H,2-5,7H2,1,12H3. The maximum atomic E-state index is 3.62. The second kappa shape index (κ2) is 3.21. The highest BCUT2D eigenvalue weighted by Gasteiger charge is 2.24. The smallest absolute Gasteiger partial charge is 0.00398 e. The summed E-state index contributed by atoms with van der Waals surface area (Å²) in [7, 11) is 1.32. The fourth-order valence-corrected chi connectivity index (χ4v) is 3.22. The average Bonchev–Trinajstić information content (AvgIpc) is 2.44. The molecule has 0 saturated carbocycles. The minimum absolute atomic E-state index is 0.743. The molecular formula is C11H17Si. The molecule has 1 heteroatoms. The normalized spacial score (nSPS) is 29.1. The van der Waals surface area contributed by atoms with Crippen LogP contribution >= 0.6 is 0 Å². The molecule has 0 fully saturated rings. The largest absolute Gasteiger partial charge is 0.0595 e. The average molecular weight is 177 g/mol. The van der Waals surface area contributed by atoms with Gasteiger partial charge in [-0.3, -0.25) is 0 Å². The minimum atomic E-state index is 0.743. The third-order valence-corrected chi connectivity index (χ3v) is 4.00. The van der Waals surface area contributed by atoms with E-state index in [4.69, 9.17) is 0 Å². The van der Waals surface area contributed by atoms with E-state index < -0.39 is 0 Å². The molecule has 1 unspecified atom stereocenters. The van der Waals surface area contributed by atoms with E-state index in [9.17, 15) is 0 Å². The third-order valence-electron chi connectivity index (χ3n) is 3.18. The molecule has 0 N–H and O–H groups in total. The van der Waals surface area contributed by atoms with Gasteiger partial charge in [-0.05, 0) is 49.8 Å². The fourth-order valence-electron chi connectivity index (χ4n) is 2.53. The van der Waals surface area contributed by atoms with Gasteiger partial charge in [-0.2, -0.15) is 0 Å². The lowest BCUT2D eigenvalue weighted by Crippen LogP contribution is -2.03. The van der Waals surface area contributed by atoms with Gasteiger partial charge in [0.25, 0.3) is 0 Å². The summed E-state index contributed by atoms with van der Waals surface area (Å²) in [6.45, 7) is 2.25. The lowest BCUT2D eigenvalue weighted by Gasteiger charge is -2.18. The zero-order chi connectivity index (χ0) is 8.55. The first-order chi connectivity index (χ1) is 5.83. The topological polar surface area (TPSA) is 0 Å². The van der Waals surface area contributed by atoms with E-state index in [0.717, 1.165) is 5.92 Å². The molecule has 1 atom stereocenters. The molecule has 65 valence electrons. The van der Waals surface area contributed by atoms with Crippen LogP contribution in [0.4, 0.5) is 0 Å². The zero-order valence-electron chi connectivity index (χ0n) is 8.11. The second-order valence-electron chi connectivity index (χ2n) is 3.94. The molecular weight excluding hydrogens is 160 g/mol. The molecule has 0 aromatic rings. The van der Waals surface area contributed by atoms with Gasteiger partial charge in [0.05, 0.1) is 0 Å². The maximum Gasteiger partial charge on any atom is 0.00398 e. The molecule has 0 nitrogen and oxygen atoms in total. The molecule has 0 spiro atoms. The highest BCUT2D eigenvalue weighted by molar-refractivity contribution is 6.09. The van der Waals surface area contributed by atoms with Crippen LogP contribution in [0.2, 0.25) is 6.04 Å². The SMILES string of the molecule is CC1=[C]C(C[SiH3])C2=C1CCCC2. The summed E-state index contributed by atoms with van der Waals surface area (Å²) in [5.74, 6) is 0.743. The molecule has 0 aromatic carbocycles. The molecule has 0 amide bonds. The van der Waals surface area contributed by atoms with Gasteiger partial charge in [-0.15, -0.1) is 0 Å². The molecule has 1 radical (unpaired) electrons. The monoisotopic (exact) mass is 177 g/mol. The van der Waals surface area contributed by atoms with Crippen LogP contribution in [-0.4, -0.2) is 10.2 Å².